The highest BCUT2D eigenvalue weighted by Gasteiger charge is 2.28. The molecular weight excluding hydrogens is 204 g/mol. The van der Waals surface area contributed by atoms with Crippen LogP contribution in [0.15, 0.2) is 18.5 Å². The van der Waals surface area contributed by atoms with Gasteiger partial charge in [-0.15, -0.1) is 0 Å². The van der Waals surface area contributed by atoms with Crippen molar-refractivity contribution in [1.29, 1.82) is 0 Å². The Bertz CT molecular complexity index is 357. The molecule has 4 heteroatoms. The maximum atomic E-state index is 10.0. The molecule has 16 heavy (non-hydrogen) atoms. The number of pyridine rings is 1. The summed E-state index contributed by atoms with van der Waals surface area (Å²) in [6, 6.07) is 1.75. The Labute approximate surface area is 95.4 Å². The number of nitrogen functional groups attached to an aromatic ring is 1. The Kier molecular flexibility index (Phi) is 3.41. The number of nitrogens with two attached hydrogens (primary N) is 1. The summed E-state index contributed by atoms with van der Waals surface area (Å²) in [5, 5.41) is 10.0. The van der Waals surface area contributed by atoms with Crippen LogP contribution in [-0.4, -0.2) is 28.4 Å². The highest BCUT2D eigenvalue weighted by molar-refractivity contribution is 5.44. The molecule has 1 fully saturated rings. The SMILES string of the molecule is CC1CCC(C(O)Cc2cnccc2N)O1. The van der Waals surface area contributed by atoms with Crippen LogP contribution in [0.1, 0.15) is 25.3 Å². The number of aliphatic hydroxyl groups is 1. The third-order valence-corrected chi connectivity index (χ3v) is 3.06. The van der Waals surface area contributed by atoms with Crippen molar-refractivity contribution in [3.63, 3.8) is 0 Å². The number of anilines is 1. The van der Waals surface area contributed by atoms with Crippen molar-refractivity contribution in [2.24, 2.45) is 0 Å². The molecule has 88 valence electrons. The first-order chi connectivity index (χ1) is 7.66. The Morgan fingerprint density at radius 3 is 3.06 bits per heavy atom. The molecule has 3 atom stereocenters. The second-order valence-electron chi connectivity index (χ2n) is 4.41. The van der Waals surface area contributed by atoms with Gasteiger partial charge in [0.1, 0.15) is 0 Å². The molecule has 4 nitrogen and oxygen atoms in total. The summed E-state index contributed by atoms with van der Waals surface area (Å²) < 4.78 is 5.62. The highest BCUT2D eigenvalue weighted by Crippen LogP contribution is 2.24. The molecule has 0 aliphatic carbocycles. The van der Waals surface area contributed by atoms with E-state index in [4.69, 9.17) is 10.5 Å². The zero-order valence-electron chi connectivity index (χ0n) is 9.47. The number of rotatable bonds is 3. The molecule has 0 aromatic carbocycles. The number of hydrogen-bond acceptors (Lipinski definition) is 4. The van der Waals surface area contributed by atoms with Gasteiger partial charge in [-0.25, -0.2) is 0 Å². The van der Waals surface area contributed by atoms with Crippen molar-refractivity contribution in [1.82, 2.24) is 4.98 Å². The van der Waals surface area contributed by atoms with Gasteiger partial charge in [-0.3, -0.25) is 4.98 Å². The smallest absolute Gasteiger partial charge is 0.0843 e. The van der Waals surface area contributed by atoms with Crippen LogP contribution in [-0.2, 0) is 11.2 Å². The fraction of sp³-hybridized carbons (Fsp3) is 0.583. The van der Waals surface area contributed by atoms with E-state index >= 15 is 0 Å². The normalized spacial score (nSPS) is 26.9. The topological polar surface area (TPSA) is 68.4 Å². The van der Waals surface area contributed by atoms with E-state index in [-0.39, 0.29) is 12.2 Å². The summed E-state index contributed by atoms with van der Waals surface area (Å²) in [5.74, 6) is 0. The molecule has 0 spiro atoms. The van der Waals surface area contributed by atoms with Gasteiger partial charge in [0.15, 0.2) is 0 Å². The van der Waals surface area contributed by atoms with Crippen LogP contribution >= 0.6 is 0 Å². The average Bonchev–Trinajstić information content (AvgIpc) is 2.68. The number of aromatic nitrogens is 1. The predicted octanol–water partition coefficient (Wildman–Crippen LogP) is 1.13. The van der Waals surface area contributed by atoms with E-state index < -0.39 is 6.10 Å². The first-order valence-corrected chi connectivity index (χ1v) is 5.68. The molecule has 1 aliphatic rings. The van der Waals surface area contributed by atoms with Crippen molar-refractivity contribution >= 4 is 5.69 Å². The summed E-state index contributed by atoms with van der Waals surface area (Å²) in [5.41, 5.74) is 7.37. The molecule has 1 aromatic heterocycles. The molecule has 1 aliphatic heterocycles. The lowest BCUT2D eigenvalue weighted by Gasteiger charge is -2.18. The first-order valence-electron chi connectivity index (χ1n) is 5.68. The predicted molar refractivity (Wildman–Crippen MR) is 61.9 cm³/mol. The maximum Gasteiger partial charge on any atom is 0.0843 e. The van der Waals surface area contributed by atoms with E-state index in [0.717, 1.165) is 18.4 Å². The molecule has 3 unspecified atom stereocenters. The summed E-state index contributed by atoms with van der Waals surface area (Å²) in [6.07, 6.45) is 5.51. The largest absolute Gasteiger partial charge is 0.398 e. The second-order valence-corrected chi connectivity index (χ2v) is 4.41. The Hall–Kier alpha value is -1.13. The number of nitrogens with zero attached hydrogens (tertiary/aromatic N) is 1. The molecule has 1 aromatic rings. The van der Waals surface area contributed by atoms with Crippen molar-refractivity contribution < 1.29 is 9.84 Å². The van der Waals surface area contributed by atoms with Crippen LogP contribution < -0.4 is 5.73 Å². The molecule has 1 saturated heterocycles. The fourth-order valence-corrected chi connectivity index (χ4v) is 2.08. The summed E-state index contributed by atoms with van der Waals surface area (Å²) in [7, 11) is 0. The number of ether oxygens (including phenoxy) is 1. The van der Waals surface area contributed by atoms with Crippen LogP contribution in [0.2, 0.25) is 0 Å². The van der Waals surface area contributed by atoms with Gasteiger partial charge in [0.2, 0.25) is 0 Å². The van der Waals surface area contributed by atoms with Crippen LogP contribution in [0.4, 0.5) is 5.69 Å². The Morgan fingerprint density at radius 1 is 1.62 bits per heavy atom. The van der Waals surface area contributed by atoms with E-state index in [2.05, 4.69) is 4.98 Å². The standard InChI is InChI=1S/C12H18N2O2/c1-8-2-3-12(16-8)11(15)6-9-7-14-5-4-10(9)13/h4-5,7-8,11-12,15H,2-3,6H2,1H3,(H2,13,14). The fourth-order valence-electron chi connectivity index (χ4n) is 2.08. The third kappa shape index (κ3) is 2.51. The van der Waals surface area contributed by atoms with Crippen molar-refractivity contribution in [3.8, 4) is 0 Å². The quantitative estimate of drug-likeness (QED) is 0.804. The number of hydrogen-bond donors (Lipinski definition) is 2. The molecule has 2 heterocycles. The minimum atomic E-state index is -0.489. The first kappa shape index (κ1) is 11.4. The molecule has 0 saturated carbocycles. The van der Waals surface area contributed by atoms with E-state index in [0.29, 0.717) is 12.1 Å². The Morgan fingerprint density at radius 2 is 2.44 bits per heavy atom. The van der Waals surface area contributed by atoms with Gasteiger partial charge in [-0.1, -0.05) is 0 Å². The van der Waals surface area contributed by atoms with Crippen molar-refractivity contribution in [2.75, 3.05) is 5.73 Å². The maximum absolute atomic E-state index is 10.0. The molecule has 2 rings (SSSR count). The summed E-state index contributed by atoms with van der Waals surface area (Å²) >= 11 is 0. The minimum absolute atomic E-state index is 0.0605. The van der Waals surface area contributed by atoms with Gasteiger partial charge in [0.25, 0.3) is 0 Å². The monoisotopic (exact) mass is 222 g/mol. The highest BCUT2D eigenvalue weighted by atomic mass is 16.5. The van der Waals surface area contributed by atoms with Crippen LogP contribution in [0.25, 0.3) is 0 Å². The van der Waals surface area contributed by atoms with Gasteiger partial charge in [-0.05, 0) is 31.4 Å². The van der Waals surface area contributed by atoms with Crippen LogP contribution in [0.3, 0.4) is 0 Å². The van der Waals surface area contributed by atoms with Gasteiger partial charge in [0, 0.05) is 24.5 Å². The molecule has 0 radical (unpaired) electrons. The van der Waals surface area contributed by atoms with E-state index in [1.54, 1.807) is 18.5 Å². The Balaban J connectivity index is 1.97. The zero-order chi connectivity index (χ0) is 11.5. The van der Waals surface area contributed by atoms with Crippen molar-refractivity contribution in [3.05, 3.63) is 24.0 Å². The van der Waals surface area contributed by atoms with Crippen LogP contribution in [0, 0.1) is 0 Å². The second kappa shape index (κ2) is 4.80. The van der Waals surface area contributed by atoms with Gasteiger partial charge >= 0.3 is 0 Å². The van der Waals surface area contributed by atoms with Crippen molar-refractivity contribution in [2.45, 2.75) is 44.5 Å². The van der Waals surface area contributed by atoms with E-state index in [9.17, 15) is 5.11 Å². The number of aliphatic hydroxyl groups excluding tert-OH is 1. The van der Waals surface area contributed by atoms with Gasteiger partial charge in [-0.2, -0.15) is 0 Å². The zero-order valence-corrected chi connectivity index (χ0v) is 9.47. The third-order valence-electron chi connectivity index (χ3n) is 3.06. The minimum Gasteiger partial charge on any atom is -0.398 e. The van der Waals surface area contributed by atoms with E-state index in [1.165, 1.54) is 0 Å². The molecular formula is C12H18N2O2. The van der Waals surface area contributed by atoms with Gasteiger partial charge < -0.3 is 15.6 Å². The lowest BCUT2D eigenvalue weighted by atomic mass is 10.0. The van der Waals surface area contributed by atoms with Gasteiger partial charge in [0.05, 0.1) is 18.3 Å². The summed E-state index contributed by atoms with van der Waals surface area (Å²) in [6.45, 7) is 2.03. The molecule has 0 bridgehead atoms. The van der Waals surface area contributed by atoms with E-state index in [1.807, 2.05) is 6.92 Å². The van der Waals surface area contributed by atoms with Crippen LogP contribution in [0.5, 0.6) is 0 Å². The lowest BCUT2D eigenvalue weighted by molar-refractivity contribution is -0.0278. The molecule has 3 N–H and O–H groups in total. The molecule has 0 amide bonds. The summed E-state index contributed by atoms with van der Waals surface area (Å²) in [4.78, 5) is 4.01. The lowest BCUT2D eigenvalue weighted by Crippen LogP contribution is -2.28. The average molecular weight is 222 g/mol.